The second-order valence-electron chi connectivity index (χ2n) is 6.59. The van der Waals surface area contributed by atoms with Crippen LogP contribution in [0.15, 0.2) is 35.7 Å². The van der Waals surface area contributed by atoms with Crippen LogP contribution in [-0.2, 0) is 4.79 Å². The van der Waals surface area contributed by atoms with Crippen LogP contribution in [0.25, 0.3) is 16.3 Å². The lowest BCUT2D eigenvalue weighted by Gasteiger charge is -2.34. The number of thiophene rings is 1. The zero-order valence-corrected chi connectivity index (χ0v) is 16.6. The summed E-state index contributed by atoms with van der Waals surface area (Å²) in [7, 11) is 0. The second-order valence-corrected chi connectivity index (χ2v) is 8.54. The van der Waals surface area contributed by atoms with Crippen LogP contribution in [0.1, 0.15) is 16.0 Å². The Balaban J connectivity index is 1.42. The molecule has 0 aliphatic carbocycles. The molecule has 0 bridgehead atoms. The van der Waals surface area contributed by atoms with Crippen molar-refractivity contribution in [3.63, 3.8) is 0 Å². The molecule has 1 aromatic carbocycles. The predicted molar refractivity (Wildman–Crippen MR) is 111 cm³/mol. The van der Waals surface area contributed by atoms with E-state index in [2.05, 4.69) is 30.9 Å². The Morgan fingerprint density at radius 1 is 1.19 bits per heavy atom. The first kappa shape index (κ1) is 17.2. The number of carbonyl (C=O) groups excluding carboxylic acids is 1. The van der Waals surface area contributed by atoms with Crippen molar-refractivity contribution in [1.82, 2.24) is 9.88 Å². The van der Waals surface area contributed by atoms with Gasteiger partial charge in [-0.1, -0.05) is 23.5 Å². The summed E-state index contributed by atoms with van der Waals surface area (Å²) in [5, 5.41) is 3.08. The molecule has 1 aliphatic rings. The van der Waals surface area contributed by atoms with E-state index in [0.29, 0.717) is 0 Å². The monoisotopic (exact) mass is 383 g/mol. The quantitative estimate of drug-likeness (QED) is 0.632. The summed E-state index contributed by atoms with van der Waals surface area (Å²) in [4.78, 5) is 22.5. The van der Waals surface area contributed by atoms with Gasteiger partial charge in [0.2, 0.25) is 5.91 Å². The predicted octanol–water partition coefficient (Wildman–Crippen LogP) is 4.34. The molecule has 0 spiro atoms. The Bertz CT molecular complexity index is 951. The van der Waals surface area contributed by atoms with E-state index in [1.165, 1.54) is 15.8 Å². The molecule has 4 rings (SSSR count). The van der Waals surface area contributed by atoms with E-state index in [0.717, 1.165) is 41.7 Å². The highest BCUT2D eigenvalue weighted by atomic mass is 32.1. The third-order valence-electron chi connectivity index (χ3n) is 4.60. The maximum absolute atomic E-state index is 12.4. The fraction of sp³-hybridized carbons (Fsp3) is 0.300. The van der Waals surface area contributed by atoms with Crippen LogP contribution >= 0.6 is 22.7 Å². The highest BCUT2D eigenvalue weighted by molar-refractivity contribution is 7.22. The summed E-state index contributed by atoms with van der Waals surface area (Å²) in [6, 6.07) is 8.37. The van der Waals surface area contributed by atoms with Crippen LogP contribution in [0.4, 0.5) is 5.13 Å². The molecule has 26 heavy (non-hydrogen) atoms. The van der Waals surface area contributed by atoms with E-state index < -0.39 is 0 Å². The molecular weight excluding hydrogens is 362 g/mol. The van der Waals surface area contributed by atoms with Crippen molar-refractivity contribution in [2.24, 2.45) is 0 Å². The van der Waals surface area contributed by atoms with Crippen LogP contribution in [0.3, 0.4) is 0 Å². The van der Waals surface area contributed by atoms with Gasteiger partial charge in [-0.25, -0.2) is 4.98 Å². The van der Waals surface area contributed by atoms with E-state index in [4.69, 9.17) is 4.98 Å². The van der Waals surface area contributed by atoms with Crippen molar-refractivity contribution in [2.45, 2.75) is 13.8 Å². The van der Waals surface area contributed by atoms with E-state index in [1.807, 2.05) is 28.5 Å². The van der Waals surface area contributed by atoms with E-state index in [1.54, 1.807) is 28.7 Å². The number of aryl methyl sites for hydroxylation is 2. The number of rotatable bonds is 3. The number of nitrogens with zero attached hydrogens (tertiary/aromatic N) is 3. The van der Waals surface area contributed by atoms with Crippen molar-refractivity contribution in [3.05, 3.63) is 51.7 Å². The van der Waals surface area contributed by atoms with Crippen molar-refractivity contribution in [1.29, 1.82) is 0 Å². The lowest BCUT2D eigenvalue weighted by Crippen LogP contribution is -2.48. The van der Waals surface area contributed by atoms with Gasteiger partial charge in [-0.05, 0) is 48.6 Å². The lowest BCUT2D eigenvalue weighted by molar-refractivity contribution is -0.126. The van der Waals surface area contributed by atoms with Crippen molar-refractivity contribution >= 4 is 50.0 Å². The molecule has 1 aliphatic heterocycles. The molecule has 4 nitrogen and oxygen atoms in total. The number of fused-ring (bicyclic) bond motifs is 1. The number of aromatic nitrogens is 1. The van der Waals surface area contributed by atoms with Crippen LogP contribution in [0.5, 0.6) is 0 Å². The summed E-state index contributed by atoms with van der Waals surface area (Å²) >= 11 is 3.40. The first-order valence-electron chi connectivity index (χ1n) is 8.73. The Morgan fingerprint density at radius 2 is 2.00 bits per heavy atom. The highest BCUT2D eigenvalue weighted by Crippen LogP contribution is 2.32. The summed E-state index contributed by atoms with van der Waals surface area (Å²) in [5.41, 5.74) is 3.62. The van der Waals surface area contributed by atoms with Gasteiger partial charge < -0.3 is 9.80 Å². The van der Waals surface area contributed by atoms with Crippen LogP contribution in [0.2, 0.25) is 0 Å². The summed E-state index contributed by atoms with van der Waals surface area (Å²) in [6.07, 6.45) is 3.59. The average molecular weight is 384 g/mol. The smallest absolute Gasteiger partial charge is 0.246 e. The molecule has 0 radical (unpaired) electrons. The maximum atomic E-state index is 12.4. The zero-order chi connectivity index (χ0) is 18.1. The SMILES string of the molecule is Cc1cc(C)c2sc(N3CCN(C(=O)/C=C/c4cccs4)CC3)nc2c1. The van der Waals surface area contributed by atoms with Gasteiger partial charge in [0.25, 0.3) is 0 Å². The third kappa shape index (κ3) is 3.52. The highest BCUT2D eigenvalue weighted by Gasteiger charge is 2.22. The molecule has 0 N–H and O–H groups in total. The first-order chi connectivity index (χ1) is 12.6. The Labute approximate surface area is 161 Å². The van der Waals surface area contributed by atoms with Crippen molar-refractivity contribution in [2.75, 3.05) is 31.1 Å². The number of amides is 1. The molecule has 2 aromatic heterocycles. The standard InChI is InChI=1S/C20H21N3OS2/c1-14-12-15(2)19-17(13-14)21-20(26-19)23-9-7-22(8-10-23)18(24)6-5-16-4-3-11-25-16/h3-6,11-13H,7-10H2,1-2H3/b6-5+. The van der Waals surface area contributed by atoms with Crippen molar-refractivity contribution in [3.8, 4) is 0 Å². The number of carbonyl (C=O) groups is 1. The first-order valence-corrected chi connectivity index (χ1v) is 10.4. The Hall–Kier alpha value is -2.18. The summed E-state index contributed by atoms with van der Waals surface area (Å²) in [5.74, 6) is 0.0915. The van der Waals surface area contributed by atoms with Gasteiger partial charge in [-0.2, -0.15) is 0 Å². The molecule has 1 amide bonds. The summed E-state index contributed by atoms with van der Waals surface area (Å²) < 4.78 is 1.27. The van der Waals surface area contributed by atoms with E-state index >= 15 is 0 Å². The van der Waals surface area contributed by atoms with E-state index in [-0.39, 0.29) is 5.91 Å². The van der Waals surface area contributed by atoms with Gasteiger partial charge in [0.15, 0.2) is 5.13 Å². The molecule has 0 unspecified atom stereocenters. The molecule has 0 saturated carbocycles. The number of thiazole rings is 1. The second kappa shape index (κ2) is 7.21. The van der Waals surface area contributed by atoms with Crippen LogP contribution in [-0.4, -0.2) is 42.0 Å². The summed E-state index contributed by atoms with van der Waals surface area (Å²) in [6.45, 7) is 7.39. The fourth-order valence-electron chi connectivity index (χ4n) is 3.26. The number of benzene rings is 1. The zero-order valence-electron chi connectivity index (χ0n) is 14.9. The molecule has 6 heteroatoms. The molecule has 134 valence electrons. The lowest BCUT2D eigenvalue weighted by atomic mass is 10.1. The Morgan fingerprint density at radius 3 is 2.73 bits per heavy atom. The largest absolute Gasteiger partial charge is 0.345 e. The minimum absolute atomic E-state index is 0.0915. The Kier molecular flexibility index (Phi) is 4.78. The fourth-order valence-corrected chi connectivity index (χ4v) is 4.95. The molecule has 0 atom stereocenters. The third-order valence-corrected chi connectivity index (χ3v) is 6.71. The van der Waals surface area contributed by atoms with Gasteiger partial charge in [0.05, 0.1) is 10.2 Å². The average Bonchev–Trinajstić information content (AvgIpc) is 3.29. The number of piperazine rings is 1. The van der Waals surface area contributed by atoms with Gasteiger partial charge >= 0.3 is 0 Å². The number of hydrogen-bond donors (Lipinski definition) is 0. The van der Waals surface area contributed by atoms with Crippen molar-refractivity contribution < 1.29 is 4.79 Å². The topological polar surface area (TPSA) is 36.4 Å². The minimum atomic E-state index is 0.0915. The molecule has 3 aromatic rings. The van der Waals surface area contributed by atoms with Crippen LogP contribution in [0, 0.1) is 13.8 Å². The molecular formula is C20H21N3OS2. The number of hydrogen-bond acceptors (Lipinski definition) is 5. The normalized spacial score (nSPS) is 15.3. The molecule has 3 heterocycles. The van der Waals surface area contributed by atoms with E-state index in [9.17, 15) is 4.79 Å². The van der Waals surface area contributed by atoms with Gasteiger partial charge in [-0.15, -0.1) is 11.3 Å². The molecule has 1 saturated heterocycles. The van der Waals surface area contributed by atoms with Gasteiger partial charge in [-0.3, -0.25) is 4.79 Å². The minimum Gasteiger partial charge on any atom is -0.345 e. The number of anilines is 1. The van der Waals surface area contributed by atoms with Gasteiger partial charge in [0.1, 0.15) is 0 Å². The van der Waals surface area contributed by atoms with Gasteiger partial charge in [0, 0.05) is 37.1 Å². The molecule has 1 fully saturated rings. The maximum Gasteiger partial charge on any atom is 0.246 e. The van der Waals surface area contributed by atoms with Crippen LogP contribution < -0.4 is 4.90 Å².